The van der Waals surface area contributed by atoms with Crippen molar-refractivity contribution in [3.63, 3.8) is 0 Å². The van der Waals surface area contributed by atoms with Gasteiger partial charge in [0.15, 0.2) is 0 Å². The molecule has 0 bridgehead atoms. The summed E-state index contributed by atoms with van der Waals surface area (Å²) in [7, 11) is 0. The van der Waals surface area contributed by atoms with Crippen LogP contribution in [0.1, 0.15) is 16.8 Å². The summed E-state index contributed by atoms with van der Waals surface area (Å²) in [6.07, 6.45) is 3.15. The Morgan fingerprint density at radius 2 is 2.29 bits per heavy atom. The molecule has 1 aromatic heterocycles. The van der Waals surface area contributed by atoms with Crippen LogP contribution in [-0.4, -0.2) is 16.1 Å². The van der Waals surface area contributed by atoms with E-state index >= 15 is 0 Å². The van der Waals surface area contributed by atoms with Gasteiger partial charge in [-0.05, 0) is 31.1 Å². The van der Waals surface area contributed by atoms with Crippen molar-refractivity contribution >= 4 is 12.0 Å². The molecule has 1 rings (SSSR count). The van der Waals surface area contributed by atoms with Crippen molar-refractivity contribution in [3.05, 3.63) is 28.6 Å². The third kappa shape index (κ3) is 1.83. The van der Waals surface area contributed by atoms with E-state index in [1.54, 1.807) is 12.3 Å². The number of carboxylic acid groups (broad SMARTS) is 1. The highest BCUT2D eigenvalue weighted by Crippen LogP contribution is 2.16. The van der Waals surface area contributed by atoms with Crippen LogP contribution in [0.15, 0.2) is 11.8 Å². The Hall–Kier alpha value is -2.02. The van der Waals surface area contributed by atoms with Crippen LogP contribution in [0.5, 0.6) is 0 Å². The molecular weight excluding hydrogens is 180 g/mol. The first-order chi connectivity index (χ1) is 6.56. The number of aromatic nitrogens is 1. The lowest BCUT2D eigenvalue weighted by Gasteiger charge is -1.94. The highest BCUT2D eigenvalue weighted by molar-refractivity contribution is 5.96. The maximum absolute atomic E-state index is 10.6. The van der Waals surface area contributed by atoms with Gasteiger partial charge in [-0.15, -0.1) is 0 Å². The molecule has 0 aliphatic carbocycles. The Morgan fingerprint density at radius 1 is 1.64 bits per heavy atom. The summed E-state index contributed by atoms with van der Waals surface area (Å²) in [6.45, 7) is 3.68. The minimum atomic E-state index is -1.20. The zero-order valence-corrected chi connectivity index (χ0v) is 7.96. The van der Waals surface area contributed by atoms with Gasteiger partial charge < -0.3 is 10.1 Å². The maximum atomic E-state index is 10.6. The van der Waals surface area contributed by atoms with Crippen molar-refractivity contribution in [1.29, 1.82) is 5.26 Å². The van der Waals surface area contributed by atoms with Crippen LogP contribution in [0.25, 0.3) is 6.08 Å². The minimum absolute atomic E-state index is 0.254. The smallest absolute Gasteiger partial charge is 0.346 e. The molecule has 0 aliphatic heterocycles. The van der Waals surface area contributed by atoms with Gasteiger partial charge in [0.25, 0.3) is 0 Å². The Labute approximate surface area is 81.5 Å². The number of nitrogens with zero attached hydrogens (tertiary/aromatic N) is 1. The first-order valence-corrected chi connectivity index (χ1v) is 4.06. The standard InChI is InChI=1S/C10H10N2O2/c1-6-5-12-7(2)9(6)3-8(4-11)10(13)14/h3,5,12H,1-2H3,(H,13,14)/b8-3-. The number of hydrogen-bond acceptors (Lipinski definition) is 2. The second-order valence-corrected chi connectivity index (χ2v) is 2.99. The molecule has 0 unspecified atom stereocenters. The number of hydrogen-bond donors (Lipinski definition) is 2. The predicted octanol–water partition coefficient (Wildman–Crippen LogP) is 1.62. The van der Waals surface area contributed by atoms with Gasteiger partial charge in [-0.1, -0.05) is 0 Å². The van der Waals surface area contributed by atoms with E-state index in [9.17, 15) is 4.79 Å². The van der Waals surface area contributed by atoms with Crippen LogP contribution in [0.2, 0.25) is 0 Å². The molecule has 0 saturated carbocycles. The van der Waals surface area contributed by atoms with E-state index in [1.165, 1.54) is 6.08 Å². The van der Waals surface area contributed by atoms with Gasteiger partial charge in [-0.25, -0.2) is 4.79 Å². The Bertz CT molecular complexity index is 416. The molecule has 1 heterocycles. The van der Waals surface area contributed by atoms with Crippen LogP contribution < -0.4 is 0 Å². The number of rotatable bonds is 2. The summed E-state index contributed by atoms with van der Waals surface area (Å²) in [5.41, 5.74) is 2.30. The van der Waals surface area contributed by atoms with Gasteiger partial charge in [0.2, 0.25) is 0 Å². The van der Waals surface area contributed by atoms with Gasteiger partial charge in [0.05, 0.1) is 0 Å². The lowest BCUT2D eigenvalue weighted by Crippen LogP contribution is -1.97. The number of H-pyrrole nitrogens is 1. The predicted molar refractivity (Wildman–Crippen MR) is 51.5 cm³/mol. The van der Waals surface area contributed by atoms with E-state index in [-0.39, 0.29) is 5.57 Å². The fraction of sp³-hybridized carbons (Fsp3) is 0.200. The van der Waals surface area contributed by atoms with Crippen LogP contribution in [-0.2, 0) is 4.79 Å². The molecule has 72 valence electrons. The van der Waals surface area contributed by atoms with E-state index in [1.807, 2.05) is 13.8 Å². The average Bonchev–Trinajstić information content (AvgIpc) is 2.43. The molecule has 0 amide bonds. The van der Waals surface area contributed by atoms with Gasteiger partial charge in [-0.3, -0.25) is 0 Å². The first-order valence-electron chi connectivity index (χ1n) is 4.06. The fourth-order valence-corrected chi connectivity index (χ4v) is 1.18. The van der Waals surface area contributed by atoms with Crippen molar-refractivity contribution in [2.24, 2.45) is 0 Å². The summed E-state index contributed by atoms with van der Waals surface area (Å²) in [4.78, 5) is 13.5. The Balaban J connectivity index is 3.20. The summed E-state index contributed by atoms with van der Waals surface area (Å²) in [5, 5.41) is 17.2. The number of nitriles is 1. The molecule has 4 heteroatoms. The molecule has 14 heavy (non-hydrogen) atoms. The quantitative estimate of drug-likeness (QED) is 0.549. The van der Waals surface area contributed by atoms with E-state index in [0.29, 0.717) is 0 Å². The van der Waals surface area contributed by atoms with Gasteiger partial charge in [0.1, 0.15) is 11.6 Å². The van der Waals surface area contributed by atoms with Crippen LogP contribution in [0, 0.1) is 25.2 Å². The van der Waals surface area contributed by atoms with E-state index < -0.39 is 5.97 Å². The molecule has 0 radical (unpaired) electrons. The Kier molecular flexibility index (Phi) is 2.73. The molecule has 1 aromatic rings. The second kappa shape index (κ2) is 3.79. The Morgan fingerprint density at radius 3 is 2.64 bits per heavy atom. The second-order valence-electron chi connectivity index (χ2n) is 2.99. The molecule has 0 atom stereocenters. The van der Waals surface area contributed by atoms with Crippen molar-refractivity contribution in [3.8, 4) is 6.07 Å². The lowest BCUT2D eigenvalue weighted by atomic mass is 10.1. The summed E-state index contributed by atoms with van der Waals surface area (Å²) in [6, 6.07) is 1.64. The topological polar surface area (TPSA) is 76.9 Å². The zero-order chi connectivity index (χ0) is 10.7. The van der Waals surface area contributed by atoms with Crippen LogP contribution in [0.4, 0.5) is 0 Å². The van der Waals surface area contributed by atoms with E-state index in [4.69, 9.17) is 10.4 Å². The summed E-state index contributed by atoms with van der Waals surface area (Å²) in [5.74, 6) is -1.20. The normalized spacial score (nSPS) is 11.1. The first kappa shape index (κ1) is 10.1. The highest BCUT2D eigenvalue weighted by Gasteiger charge is 2.08. The van der Waals surface area contributed by atoms with Crippen molar-refractivity contribution in [2.45, 2.75) is 13.8 Å². The molecule has 4 nitrogen and oxygen atoms in total. The molecule has 0 fully saturated rings. The summed E-state index contributed by atoms with van der Waals surface area (Å²) >= 11 is 0. The number of aliphatic carboxylic acids is 1. The molecular formula is C10H10N2O2. The van der Waals surface area contributed by atoms with Gasteiger partial charge in [0, 0.05) is 11.9 Å². The number of carboxylic acids is 1. The van der Waals surface area contributed by atoms with Crippen LogP contribution in [0.3, 0.4) is 0 Å². The van der Waals surface area contributed by atoms with Crippen molar-refractivity contribution < 1.29 is 9.90 Å². The fourth-order valence-electron chi connectivity index (χ4n) is 1.18. The highest BCUT2D eigenvalue weighted by atomic mass is 16.4. The monoisotopic (exact) mass is 190 g/mol. The molecule has 0 spiro atoms. The summed E-state index contributed by atoms with van der Waals surface area (Å²) < 4.78 is 0. The van der Waals surface area contributed by atoms with Crippen molar-refractivity contribution in [2.75, 3.05) is 0 Å². The number of carbonyl (C=O) groups is 1. The average molecular weight is 190 g/mol. The third-order valence-corrected chi connectivity index (χ3v) is 1.97. The molecule has 0 aliphatic rings. The number of nitrogens with one attached hydrogen (secondary N) is 1. The van der Waals surface area contributed by atoms with Gasteiger partial charge in [-0.2, -0.15) is 5.26 Å². The lowest BCUT2D eigenvalue weighted by molar-refractivity contribution is -0.132. The van der Waals surface area contributed by atoms with E-state index in [2.05, 4.69) is 4.98 Å². The maximum Gasteiger partial charge on any atom is 0.346 e. The van der Waals surface area contributed by atoms with Crippen molar-refractivity contribution in [1.82, 2.24) is 4.98 Å². The zero-order valence-electron chi connectivity index (χ0n) is 7.96. The van der Waals surface area contributed by atoms with Gasteiger partial charge >= 0.3 is 5.97 Å². The SMILES string of the molecule is Cc1c[nH]c(C)c1/C=C(/C#N)C(=O)O. The molecule has 2 N–H and O–H groups in total. The molecule has 0 saturated heterocycles. The van der Waals surface area contributed by atoms with E-state index in [0.717, 1.165) is 16.8 Å². The number of aromatic amines is 1. The number of aryl methyl sites for hydroxylation is 2. The minimum Gasteiger partial charge on any atom is -0.477 e. The third-order valence-electron chi connectivity index (χ3n) is 1.97. The van der Waals surface area contributed by atoms with Crippen LogP contribution >= 0.6 is 0 Å². The largest absolute Gasteiger partial charge is 0.477 e. The molecule has 0 aromatic carbocycles.